The van der Waals surface area contributed by atoms with E-state index in [0.717, 1.165) is 57.1 Å². The van der Waals surface area contributed by atoms with Gasteiger partial charge in [-0.3, -0.25) is 4.90 Å². The van der Waals surface area contributed by atoms with E-state index >= 15 is 0 Å². The average molecular weight is 407 g/mol. The molecule has 7 nitrogen and oxygen atoms in total. The van der Waals surface area contributed by atoms with Crippen LogP contribution in [0.15, 0.2) is 44.6 Å². The van der Waals surface area contributed by atoms with Gasteiger partial charge in [-0.05, 0) is 41.4 Å². The first kappa shape index (κ1) is 20.9. The number of thiophene rings is 1. The van der Waals surface area contributed by atoms with Crippen molar-refractivity contribution in [2.45, 2.75) is 18.9 Å². The van der Waals surface area contributed by atoms with Gasteiger partial charge in [-0.2, -0.15) is 11.3 Å². The highest BCUT2D eigenvalue weighted by Gasteiger charge is 2.23. The molecule has 2 aromatic rings. The largest absolute Gasteiger partial charge is 0.469 e. The van der Waals surface area contributed by atoms with Crippen LogP contribution in [0.5, 0.6) is 0 Å². The molecule has 154 valence electrons. The maximum absolute atomic E-state index is 10.7. The highest BCUT2D eigenvalue weighted by atomic mass is 32.1. The SMILES string of the molecule is CC(O)(CN=C(NCCc1ccco1)NCCN1CCOCC1)c1ccsc1. The Bertz CT molecular complexity index is 695. The van der Waals surface area contributed by atoms with Crippen molar-refractivity contribution >= 4 is 17.3 Å². The van der Waals surface area contributed by atoms with Gasteiger partial charge in [-0.15, -0.1) is 0 Å². The maximum Gasteiger partial charge on any atom is 0.191 e. The number of furan rings is 1. The van der Waals surface area contributed by atoms with Crippen LogP contribution in [0.25, 0.3) is 0 Å². The second-order valence-electron chi connectivity index (χ2n) is 7.09. The summed E-state index contributed by atoms with van der Waals surface area (Å²) in [4.78, 5) is 7.00. The summed E-state index contributed by atoms with van der Waals surface area (Å²) in [5, 5.41) is 21.4. The van der Waals surface area contributed by atoms with E-state index in [-0.39, 0.29) is 6.54 Å². The molecule has 0 spiro atoms. The molecule has 0 saturated carbocycles. The van der Waals surface area contributed by atoms with Gasteiger partial charge in [0, 0.05) is 39.1 Å². The Hall–Kier alpha value is -1.87. The molecule has 3 N–H and O–H groups in total. The van der Waals surface area contributed by atoms with Crippen molar-refractivity contribution in [1.29, 1.82) is 0 Å². The molecule has 1 saturated heterocycles. The molecular formula is C20H30N4O3S. The van der Waals surface area contributed by atoms with Crippen molar-refractivity contribution < 1.29 is 14.3 Å². The number of nitrogens with zero attached hydrogens (tertiary/aromatic N) is 2. The zero-order valence-electron chi connectivity index (χ0n) is 16.4. The molecule has 3 heterocycles. The summed E-state index contributed by atoms with van der Waals surface area (Å²) in [5.41, 5.74) is -0.0932. The highest BCUT2D eigenvalue weighted by Crippen LogP contribution is 2.23. The number of hydrogen-bond acceptors (Lipinski definition) is 6. The van der Waals surface area contributed by atoms with Crippen molar-refractivity contribution in [2.24, 2.45) is 4.99 Å². The summed E-state index contributed by atoms with van der Waals surface area (Å²) >= 11 is 1.58. The minimum Gasteiger partial charge on any atom is -0.469 e. The first-order chi connectivity index (χ1) is 13.6. The molecular weight excluding hydrogens is 376 g/mol. The molecule has 1 aliphatic heterocycles. The Morgan fingerprint density at radius 2 is 2.11 bits per heavy atom. The van der Waals surface area contributed by atoms with E-state index in [1.807, 2.05) is 29.0 Å². The second-order valence-corrected chi connectivity index (χ2v) is 7.87. The molecule has 3 rings (SSSR count). The summed E-state index contributed by atoms with van der Waals surface area (Å²) in [7, 11) is 0. The van der Waals surface area contributed by atoms with Gasteiger partial charge in [0.1, 0.15) is 11.4 Å². The third-order valence-corrected chi connectivity index (χ3v) is 5.44. The Morgan fingerprint density at radius 3 is 2.82 bits per heavy atom. The van der Waals surface area contributed by atoms with E-state index < -0.39 is 5.60 Å². The van der Waals surface area contributed by atoms with E-state index in [4.69, 9.17) is 9.15 Å². The molecule has 1 atom stereocenters. The van der Waals surface area contributed by atoms with Crippen molar-refractivity contribution in [3.8, 4) is 0 Å². The molecule has 1 fully saturated rings. The summed E-state index contributed by atoms with van der Waals surface area (Å²) in [6.07, 6.45) is 2.46. The zero-order chi connectivity index (χ0) is 19.7. The lowest BCUT2D eigenvalue weighted by Crippen LogP contribution is -2.45. The van der Waals surface area contributed by atoms with E-state index in [0.29, 0.717) is 12.5 Å². The zero-order valence-corrected chi connectivity index (χ0v) is 17.2. The highest BCUT2D eigenvalue weighted by molar-refractivity contribution is 7.08. The third-order valence-electron chi connectivity index (χ3n) is 4.76. The van der Waals surface area contributed by atoms with Gasteiger partial charge in [-0.1, -0.05) is 0 Å². The van der Waals surface area contributed by atoms with Crippen molar-refractivity contribution in [2.75, 3.05) is 52.5 Å². The molecule has 2 aromatic heterocycles. The Kier molecular flexibility index (Phi) is 7.90. The summed E-state index contributed by atoms with van der Waals surface area (Å²) in [6.45, 7) is 8.04. The minimum absolute atomic E-state index is 0.289. The number of rotatable bonds is 9. The van der Waals surface area contributed by atoms with Gasteiger partial charge in [0.05, 0.1) is 26.0 Å². The van der Waals surface area contributed by atoms with E-state index in [1.54, 1.807) is 24.5 Å². The van der Waals surface area contributed by atoms with Gasteiger partial charge < -0.3 is 24.9 Å². The standard InChI is InChI=1S/C20H30N4O3S/c1-20(25,17-5-14-28-15-17)16-23-19(21-6-4-18-3-2-11-27-18)22-7-8-24-9-12-26-13-10-24/h2-3,5,11,14-15,25H,4,6-10,12-13,16H2,1H3,(H2,21,22,23). The fraction of sp³-hybridized carbons (Fsp3) is 0.550. The molecule has 0 radical (unpaired) electrons. The van der Waals surface area contributed by atoms with E-state index in [1.165, 1.54) is 0 Å². The fourth-order valence-electron chi connectivity index (χ4n) is 2.99. The molecule has 0 bridgehead atoms. The maximum atomic E-state index is 10.7. The van der Waals surface area contributed by atoms with Crippen LogP contribution >= 0.6 is 11.3 Å². The number of aliphatic hydroxyl groups is 1. The summed E-state index contributed by atoms with van der Waals surface area (Å²) in [6, 6.07) is 5.80. The van der Waals surface area contributed by atoms with Crippen molar-refractivity contribution in [3.63, 3.8) is 0 Å². The smallest absolute Gasteiger partial charge is 0.191 e. The van der Waals surface area contributed by atoms with Crippen LogP contribution in [0, 0.1) is 0 Å². The van der Waals surface area contributed by atoms with E-state index in [9.17, 15) is 5.11 Å². The van der Waals surface area contributed by atoms with E-state index in [2.05, 4.69) is 20.5 Å². The summed E-state index contributed by atoms with van der Waals surface area (Å²) in [5.74, 6) is 1.64. The molecule has 8 heteroatoms. The van der Waals surface area contributed by atoms with Crippen LogP contribution in [-0.4, -0.2) is 68.4 Å². The predicted molar refractivity (Wildman–Crippen MR) is 112 cm³/mol. The normalized spacial score (nSPS) is 18.0. The molecule has 1 unspecified atom stereocenters. The van der Waals surface area contributed by atoms with Crippen LogP contribution < -0.4 is 10.6 Å². The van der Waals surface area contributed by atoms with Crippen molar-refractivity contribution in [1.82, 2.24) is 15.5 Å². The fourth-order valence-corrected chi connectivity index (χ4v) is 3.77. The number of nitrogens with one attached hydrogen (secondary N) is 2. The number of hydrogen-bond donors (Lipinski definition) is 3. The van der Waals surface area contributed by atoms with Crippen LogP contribution in [0.2, 0.25) is 0 Å². The third kappa shape index (κ3) is 6.63. The van der Waals surface area contributed by atoms with Gasteiger partial charge in [0.25, 0.3) is 0 Å². The first-order valence-corrected chi connectivity index (χ1v) is 10.7. The van der Waals surface area contributed by atoms with Crippen LogP contribution in [0.3, 0.4) is 0 Å². The minimum atomic E-state index is -0.986. The first-order valence-electron chi connectivity index (χ1n) is 9.73. The topological polar surface area (TPSA) is 82.3 Å². The van der Waals surface area contributed by atoms with Crippen LogP contribution in [-0.2, 0) is 16.8 Å². The number of ether oxygens (including phenoxy) is 1. The van der Waals surface area contributed by atoms with Gasteiger partial charge >= 0.3 is 0 Å². The van der Waals surface area contributed by atoms with Gasteiger partial charge in [0.15, 0.2) is 5.96 Å². The monoisotopic (exact) mass is 406 g/mol. The number of morpholine rings is 1. The van der Waals surface area contributed by atoms with Gasteiger partial charge in [-0.25, -0.2) is 4.99 Å². The predicted octanol–water partition coefficient (Wildman–Crippen LogP) is 1.66. The quantitative estimate of drug-likeness (QED) is 0.434. The number of aliphatic imine (C=N–C) groups is 1. The lowest BCUT2D eigenvalue weighted by molar-refractivity contribution is 0.0389. The molecule has 28 heavy (non-hydrogen) atoms. The molecule has 0 aromatic carbocycles. The Morgan fingerprint density at radius 1 is 1.29 bits per heavy atom. The lowest BCUT2D eigenvalue weighted by atomic mass is 10.00. The average Bonchev–Trinajstić information content (AvgIpc) is 3.41. The Labute approximate surface area is 170 Å². The second kappa shape index (κ2) is 10.6. The summed E-state index contributed by atoms with van der Waals surface area (Å²) < 4.78 is 10.8. The van der Waals surface area contributed by atoms with Crippen LogP contribution in [0.1, 0.15) is 18.2 Å². The molecule has 0 aliphatic carbocycles. The molecule has 1 aliphatic rings. The molecule has 0 amide bonds. The lowest BCUT2D eigenvalue weighted by Gasteiger charge is -2.27. The number of guanidine groups is 1. The van der Waals surface area contributed by atoms with Gasteiger partial charge in [0.2, 0.25) is 0 Å². The van der Waals surface area contributed by atoms with Crippen molar-refractivity contribution in [3.05, 3.63) is 46.5 Å². The Balaban J connectivity index is 1.52. The van der Waals surface area contributed by atoms with Crippen LogP contribution in [0.4, 0.5) is 0 Å².